The summed E-state index contributed by atoms with van der Waals surface area (Å²) in [5.74, 6) is -0.443. The van der Waals surface area contributed by atoms with Crippen LogP contribution in [0.25, 0.3) is 0 Å². The number of alkyl halides is 2. The molecule has 24 heavy (non-hydrogen) atoms. The van der Waals surface area contributed by atoms with E-state index in [1.807, 2.05) is 24.3 Å². The van der Waals surface area contributed by atoms with Crippen LogP contribution in [-0.4, -0.2) is 6.11 Å². The highest BCUT2D eigenvalue weighted by Gasteiger charge is 2.30. The molecular weight excluding hydrogens is 313 g/mol. The Morgan fingerprint density at radius 2 is 1.42 bits per heavy atom. The van der Waals surface area contributed by atoms with Crippen molar-refractivity contribution < 1.29 is 17.9 Å². The molecular formula is C20H23F3O. The van der Waals surface area contributed by atoms with Crippen LogP contribution in [0.5, 0.6) is 0 Å². The van der Waals surface area contributed by atoms with Crippen LogP contribution in [-0.2, 0) is 24.2 Å². The van der Waals surface area contributed by atoms with Gasteiger partial charge in [-0.05, 0) is 41.7 Å². The molecule has 0 radical (unpaired) electrons. The van der Waals surface area contributed by atoms with Crippen LogP contribution in [0.4, 0.5) is 13.2 Å². The maximum Gasteiger partial charge on any atom is 0.360 e. The Hall–Kier alpha value is -1.81. The van der Waals surface area contributed by atoms with Crippen LogP contribution in [0.1, 0.15) is 42.9 Å². The van der Waals surface area contributed by atoms with E-state index in [-0.39, 0.29) is 6.61 Å². The van der Waals surface area contributed by atoms with Crippen LogP contribution < -0.4 is 0 Å². The van der Waals surface area contributed by atoms with E-state index in [1.165, 1.54) is 42.7 Å². The van der Waals surface area contributed by atoms with Gasteiger partial charge in [-0.25, -0.2) is 4.39 Å². The Balaban J connectivity index is 1.83. The van der Waals surface area contributed by atoms with Crippen molar-refractivity contribution in [2.75, 3.05) is 0 Å². The van der Waals surface area contributed by atoms with Crippen molar-refractivity contribution in [3.8, 4) is 0 Å². The minimum absolute atomic E-state index is 0.149. The van der Waals surface area contributed by atoms with Gasteiger partial charge in [-0.3, -0.25) is 0 Å². The number of hydrogen-bond acceptors (Lipinski definition) is 1. The molecule has 0 saturated heterocycles. The first kappa shape index (κ1) is 18.5. The predicted molar refractivity (Wildman–Crippen MR) is 89.5 cm³/mol. The summed E-state index contributed by atoms with van der Waals surface area (Å²) in [6, 6.07) is 12.6. The average molecular weight is 336 g/mol. The third-order valence-corrected chi connectivity index (χ3v) is 3.87. The molecule has 2 rings (SSSR count). The van der Waals surface area contributed by atoms with E-state index in [0.717, 1.165) is 12.8 Å². The van der Waals surface area contributed by atoms with Crippen molar-refractivity contribution in [1.82, 2.24) is 0 Å². The minimum atomic E-state index is -3.28. The van der Waals surface area contributed by atoms with Crippen molar-refractivity contribution in [1.29, 1.82) is 0 Å². The average Bonchev–Trinajstić information content (AvgIpc) is 2.56. The van der Waals surface area contributed by atoms with Gasteiger partial charge in [-0.1, -0.05) is 56.2 Å². The van der Waals surface area contributed by atoms with Gasteiger partial charge >= 0.3 is 6.11 Å². The molecule has 0 N–H and O–H groups in total. The van der Waals surface area contributed by atoms with Gasteiger partial charge in [0.2, 0.25) is 0 Å². The lowest BCUT2D eigenvalue weighted by atomic mass is 10.1. The molecule has 0 saturated carbocycles. The molecule has 0 atom stereocenters. The molecule has 0 spiro atoms. The summed E-state index contributed by atoms with van der Waals surface area (Å²) in [5, 5.41) is 0. The maximum atomic E-state index is 13.9. The second-order valence-corrected chi connectivity index (χ2v) is 6.00. The number of benzene rings is 2. The molecule has 0 aliphatic carbocycles. The van der Waals surface area contributed by atoms with Gasteiger partial charge in [0.25, 0.3) is 0 Å². The first-order valence-corrected chi connectivity index (χ1v) is 8.32. The van der Waals surface area contributed by atoms with Crippen molar-refractivity contribution in [3.05, 3.63) is 71.0 Å². The van der Waals surface area contributed by atoms with Gasteiger partial charge in [0.1, 0.15) is 5.82 Å². The fourth-order valence-electron chi connectivity index (χ4n) is 2.46. The van der Waals surface area contributed by atoms with Crippen LogP contribution in [0.15, 0.2) is 48.5 Å². The van der Waals surface area contributed by atoms with Crippen LogP contribution in [0.2, 0.25) is 0 Å². The summed E-state index contributed by atoms with van der Waals surface area (Å²) in [6.45, 7) is 2.01. The van der Waals surface area contributed by atoms with E-state index in [1.54, 1.807) is 0 Å². The number of unbranched alkanes of at least 4 members (excludes halogenated alkanes) is 2. The summed E-state index contributed by atoms with van der Waals surface area (Å²) in [7, 11) is 0. The van der Waals surface area contributed by atoms with E-state index in [0.29, 0.717) is 11.1 Å². The molecule has 0 fully saturated rings. The quantitative estimate of drug-likeness (QED) is 0.517. The summed E-state index contributed by atoms with van der Waals surface area (Å²) in [4.78, 5) is 0. The maximum absolute atomic E-state index is 13.9. The molecule has 0 aliphatic heterocycles. The molecule has 0 aromatic heterocycles. The SMILES string of the molecule is CCCCCc1ccc(COC(F)(F)Cc2ccc(F)cc2)cc1. The second kappa shape index (κ2) is 8.88. The highest BCUT2D eigenvalue weighted by Crippen LogP contribution is 2.23. The van der Waals surface area contributed by atoms with Gasteiger partial charge in [0.15, 0.2) is 0 Å². The lowest BCUT2D eigenvalue weighted by molar-refractivity contribution is -0.244. The molecule has 4 heteroatoms. The number of halogens is 3. The summed E-state index contributed by atoms with van der Waals surface area (Å²) in [5.41, 5.74) is 2.27. The van der Waals surface area contributed by atoms with Crippen molar-refractivity contribution in [2.45, 2.75) is 51.7 Å². The Labute approximate surface area is 141 Å². The molecule has 130 valence electrons. The summed E-state index contributed by atoms with van der Waals surface area (Å²) in [6.07, 6.45) is 0.674. The predicted octanol–water partition coefficient (Wildman–Crippen LogP) is 5.91. The van der Waals surface area contributed by atoms with E-state index in [2.05, 4.69) is 6.92 Å². The zero-order valence-corrected chi connectivity index (χ0v) is 13.9. The van der Waals surface area contributed by atoms with E-state index in [4.69, 9.17) is 4.74 Å². The Kier molecular flexibility index (Phi) is 6.85. The van der Waals surface area contributed by atoms with E-state index in [9.17, 15) is 13.2 Å². The van der Waals surface area contributed by atoms with Crippen molar-refractivity contribution >= 4 is 0 Å². The first-order chi connectivity index (χ1) is 11.5. The number of aryl methyl sites for hydroxylation is 1. The van der Waals surface area contributed by atoms with E-state index >= 15 is 0 Å². The van der Waals surface area contributed by atoms with Gasteiger partial charge in [0.05, 0.1) is 13.0 Å². The van der Waals surface area contributed by atoms with E-state index < -0.39 is 18.3 Å². The summed E-state index contributed by atoms with van der Waals surface area (Å²) < 4.78 is 45.3. The first-order valence-electron chi connectivity index (χ1n) is 8.32. The third kappa shape index (κ3) is 6.36. The van der Waals surface area contributed by atoms with Crippen LogP contribution in [0.3, 0.4) is 0 Å². The standard InChI is InChI=1S/C20H23F3O/c1-2-3-4-5-16-6-8-18(9-7-16)15-24-20(22,23)14-17-10-12-19(21)13-11-17/h6-13H,2-5,14-15H2,1H3. The topological polar surface area (TPSA) is 9.23 Å². The zero-order valence-electron chi connectivity index (χ0n) is 13.9. The Bertz CT molecular complexity index is 606. The highest BCUT2D eigenvalue weighted by molar-refractivity contribution is 5.22. The molecule has 2 aromatic carbocycles. The highest BCUT2D eigenvalue weighted by atomic mass is 19.3. The molecule has 1 nitrogen and oxygen atoms in total. The molecule has 0 unspecified atom stereocenters. The molecule has 0 heterocycles. The normalized spacial score (nSPS) is 11.7. The zero-order chi connectivity index (χ0) is 17.4. The lowest BCUT2D eigenvalue weighted by Crippen LogP contribution is -2.23. The fraction of sp³-hybridized carbons (Fsp3) is 0.400. The molecule has 0 bridgehead atoms. The number of rotatable bonds is 9. The number of hydrogen-bond donors (Lipinski definition) is 0. The van der Waals surface area contributed by atoms with Gasteiger partial charge in [-0.15, -0.1) is 0 Å². The van der Waals surface area contributed by atoms with Crippen molar-refractivity contribution in [3.63, 3.8) is 0 Å². The van der Waals surface area contributed by atoms with Gasteiger partial charge < -0.3 is 4.74 Å². The minimum Gasteiger partial charge on any atom is -0.315 e. The molecule has 0 aliphatic rings. The van der Waals surface area contributed by atoms with Gasteiger partial charge in [0, 0.05) is 0 Å². The third-order valence-electron chi connectivity index (χ3n) is 3.87. The Morgan fingerprint density at radius 1 is 0.833 bits per heavy atom. The second-order valence-electron chi connectivity index (χ2n) is 6.00. The molecule has 2 aromatic rings. The van der Waals surface area contributed by atoms with Crippen LogP contribution in [0, 0.1) is 5.82 Å². The fourth-order valence-corrected chi connectivity index (χ4v) is 2.46. The smallest absolute Gasteiger partial charge is 0.315 e. The van der Waals surface area contributed by atoms with Crippen molar-refractivity contribution in [2.24, 2.45) is 0 Å². The summed E-state index contributed by atoms with van der Waals surface area (Å²) >= 11 is 0. The van der Waals surface area contributed by atoms with Gasteiger partial charge in [-0.2, -0.15) is 8.78 Å². The molecule has 0 amide bonds. The Morgan fingerprint density at radius 3 is 2.04 bits per heavy atom. The van der Waals surface area contributed by atoms with Crippen LogP contribution >= 0.6 is 0 Å². The monoisotopic (exact) mass is 336 g/mol. The largest absolute Gasteiger partial charge is 0.360 e. The number of ether oxygens (including phenoxy) is 1. The lowest BCUT2D eigenvalue weighted by Gasteiger charge is -2.17.